The van der Waals surface area contributed by atoms with Crippen molar-refractivity contribution in [3.63, 3.8) is 0 Å². The largest absolute Gasteiger partial charge is 0.380 e. The van der Waals surface area contributed by atoms with Crippen molar-refractivity contribution in [2.24, 2.45) is 5.41 Å². The number of allylic oxidation sites excluding steroid dienone is 1. The highest BCUT2D eigenvalue weighted by molar-refractivity contribution is 5.14. The molecular weight excluding hydrogens is 208 g/mol. The Kier molecular flexibility index (Phi) is 4.29. The van der Waals surface area contributed by atoms with Crippen LogP contribution >= 0.6 is 0 Å². The zero-order valence-electron chi connectivity index (χ0n) is 12.1. The van der Waals surface area contributed by atoms with Gasteiger partial charge in [-0.25, -0.2) is 0 Å². The van der Waals surface area contributed by atoms with E-state index in [0.717, 1.165) is 12.2 Å². The standard InChI is InChI=1S/C15H28N2/c1-11(2)16-14(15(5,6)7)13(4)17-10-8-9-12(17)3/h12,14,16H,1,4,8-10H2,2-3,5-7H3. The van der Waals surface area contributed by atoms with Gasteiger partial charge in [0.15, 0.2) is 0 Å². The van der Waals surface area contributed by atoms with E-state index in [-0.39, 0.29) is 11.5 Å². The molecule has 1 aliphatic rings. The van der Waals surface area contributed by atoms with Gasteiger partial charge in [0.05, 0.1) is 6.04 Å². The van der Waals surface area contributed by atoms with Gasteiger partial charge in [-0.15, -0.1) is 0 Å². The Labute approximate surface area is 107 Å². The number of hydrogen-bond donors (Lipinski definition) is 1. The molecule has 1 rings (SSSR count). The number of nitrogens with one attached hydrogen (secondary N) is 1. The molecule has 0 amide bonds. The topological polar surface area (TPSA) is 15.3 Å². The van der Waals surface area contributed by atoms with E-state index in [2.05, 4.69) is 51.1 Å². The molecule has 1 aliphatic heterocycles. The first-order valence-electron chi connectivity index (χ1n) is 6.61. The van der Waals surface area contributed by atoms with Gasteiger partial charge in [0.2, 0.25) is 0 Å². The lowest BCUT2D eigenvalue weighted by Crippen LogP contribution is -2.46. The van der Waals surface area contributed by atoms with E-state index in [9.17, 15) is 0 Å². The fraction of sp³-hybridized carbons (Fsp3) is 0.733. The third-order valence-corrected chi connectivity index (χ3v) is 3.51. The summed E-state index contributed by atoms with van der Waals surface area (Å²) in [6.07, 6.45) is 2.56. The maximum absolute atomic E-state index is 4.33. The highest BCUT2D eigenvalue weighted by Crippen LogP contribution is 2.31. The third kappa shape index (κ3) is 3.52. The molecule has 2 atom stereocenters. The van der Waals surface area contributed by atoms with Crippen molar-refractivity contribution in [3.8, 4) is 0 Å². The van der Waals surface area contributed by atoms with Crippen LogP contribution in [0.2, 0.25) is 0 Å². The summed E-state index contributed by atoms with van der Waals surface area (Å²) in [6, 6.07) is 0.889. The summed E-state index contributed by atoms with van der Waals surface area (Å²) in [4.78, 5) is 2.45. The zero-order chi connectivity index (χ0) is 13.2. The number of nitrogens with zero attached hydrogens (tertiary/aromatic N) is 1. The van der Waals surface area contributed by atoms with E-state index < -0.39 is 0 Å². The normalized spacial score (nSPS) is 22.4. The van der Waals surface area contributed by atoms with Crippen LogP contribution in [0.3, 0.4) is 0 Å². The molecule has 0 aliphatic carbocycles. The van der Waals surface area contributed by atoms with Gasteiger partial charge < -0.3 is 10.2 Å². The minimum Gasteiger partial charge on any atom is -0.380 e. The van der Waals surface area contributed by atoms with Crippen LogP contribution in [0.25, 0.3) is 0 Å². The smallest absolute Gasteiger partial charge is 0.0700 e. The Hall–Kier alpha value is -0.920. The van der Waals surface area contributed by atoms with Crippen molar-refractivity contribution >= 4 is 0 Å². The van der Waals surface area contributed by atoms with Crippen LogP contribution in [0.5, 0.6) is 0 Å². The molecule has 0 spiro atoms. The average molecular weight is 236 g/mol. The molecule has 2 nitrogen and oxygen atoms in total. The minimum absolute atomic E-state index is 0.151. The van der Waals surface area contributed by atoms with E-state index in [1.807, 2.05) is 6.92 Å². The average Bonchev–Trinajstić information content (AvgIpc) is 2.58. The van der Waals surface area contributed by atoms with Crippen molar-refractivity contribution in [2.45, 2.75) is 59.5 Å². The lowest BCUT2D eigenvalue weighted by molar-refractivity contribution is 0.236. The van der Waals surface area contributed by atoms with Gasteiger partial charge in [-0.3, -0.25) is 0 Å². The summed E-state index contributed by atoms with van der Waals surface area (Å²) in [6.45, 7) is 20.5. The molecule has 0 saturated carbocycles. The molecule has 0 aromatic rings. The Morgan fingerprint density at radius 3 is 2.29 bits per heavy atom. The van der Waals surface area contributed by atoms with Gasteiger partial charge in [0.1, 0.15) is 0 Å². The van der Waals surface area contributed by atoms with Crippen LogP contribution in [-0.2, 0) is 0 Å². The number of likely N-dealkylation sites (tertiary alicyclic amines) is 1. The highest BCUT2D eigenvalue weighted by atomic mass is 15.2. The Balaban J connectivity index is 2.83. The molecule has 1 fully saturated rings. The molecule has 0 radical (unpaired) electrons. The molecule has 0 bridgehead atoms. The summed E-state index contributed by atoms with van der Waals surface area (Å²) < 4.78 is 0. The minimum atomic E-state index is 0.151. The molecular formula is C15H28N2. The Morgan fingerprint density at radius 2 is 1.94 bits per heavy atom. The fourth-order valence-corrected chi connectivity index (χ4v) is 2.57. The van der Waals surface area contributed by atoms with Crippen molar-refractivity contribution in [1.29, 1.82) is 0 Å². The summed E-state index contributed by atoms with van der Waals surface area (Å²) in [5.41, 5.74) is 2.38. The molecule has 1 heterocycles. The van der Waals surface area contributed by atoms with Gasteiger partial charge >= 0.3 is 0 Å². The predicted octanol–water partition coefficient (Wildman–Crippen LogP) is 3.52. The summed E-state index contributed by atoms with van der Waals surface area (Å²) >= 11 is 0. The van der Waals surface area contributed by atoms with Gasteiger partial charge in [-0.05, 0) is 32.1 Å². The van der Waals surface area contributed by atoms with Crippen LogP contribution in [0.1, 0.15) is 47.5 Å². The zero-order valence-corrected chi connectivity index (χ0v) is 12.1. The van der Waals surface area contributed by atoms with E-state index in [0.29, 0.717) is 6.04 Å². The highest BCUT2D eigenvalue weighted by Gasteiger charge is 2.32. The summed E-state index contributed by atoms with van der Waals surface area (Å²) in [5.74, 6) is 0. The fourth-order valence-electron chi connectivity index (χ4n) is 2.57. The first-order chi connectivity index (χ1) is 7.73. The van der Waals surface area contributed by atoms with Gasteiger partial charge in [-0.2, -0.15) is 0 Å². The second-order valence-corrected chi connectivity index (χ2v) is 6.40. The Morgan fingerprint density at radius 1 is 1.35 bits per heavy atom. The van der Waals surface area contributed by atoms with Crippen LogP contribution in [0.4, 0.5) is 0 Å². The maximum atomic E-state index is 4.33. The molecule has 0 aromatic carbocycles. The van der Waals surface area contributed by atoms with Crippen LogP contribution in [-0.4, -0.2) is 23.5 Å². The van der Waals surface area contributed by atoms with Gasteiger partial charge in [-0.1, -0.05) is 33.9 Å². The van der Waals surface area contributed by atoms with Crippen molar-refractivity contribution < 1.29 is 0 Å². The lowest BCUT2D eigenvalue weighted by atomic mass is 9.84. The maximum Gasteiger partial charge on any atom is 0.0700 e. The molecule has 17 heavy (non-hydrogen) atoms. The van der Waals surface area contributed by atoms with Crippen LogP contribution in [0, 0.1) is 5.41 Å². The van der Waals surface area contributed by atoms with Crippen LogP contribution < -0.4 is 5.32 Å². The lowest BCUT2D eigenvalue weighted by Gasteiger charge is -2.39. The van der Waals surface area contributed by atoms with E-state index in [4.69, 9.17) is 0 Å². The number of rotatable bonds is 4. The predicted molar refractivity (Wildman–Crippen MR) is 75.7 cm³/mol. The first-order valence-corrected chi connectivity index (χ1v) is 6.61. The first kappa shape index (κ1) is 14.1. The second-order valence-electron chi connectivity index (χ2n) is 6.40. The Bertz CT molecular complexity index is 299. The molecule has 2 heteroatoms. The quantitative estimate of drug-likeness (QED) is 0.803. The molecule has 2 unspecified atom stereocenters. The van der Waals surface area contributed by atoms with Crippen molar-refractivity contribution in [2.75, 3.05) is 6.54 Å². The van der Waals surface area contributed by atoms with Gasteiger partial charge in [0.25, 0.3) is 0 Å². The third-order valence-electron chi connectivity index (χ3n) is 3.51. The molecule has 0 aromatic heterocycles. The van der Waals surface area contributed by atoms with E-state index in [1.165, 1.54) is 18.5 Å². The summed E-state index contributed by atoms with van der Waals surface area (Å²) in [5, 5.41) is 3.48. The van der Waals surface area contributed by atoms with E-state index >= 15 is 0 Å². The second kappa shape index (κ2) is 5.16. The van der Waals surface area contributed by atoms with Crippen molar-refractivity contribution in [1.82, 2.24) is 10.2 Å². The molecule has 98 valence electrons. The number of hydrogen-bond acceptors (Lipinski definition) is 2. The summed E-state index contributed by atoms with van der Waals surface area (Å²) in [7, 11) is 0. The monoisotopic (exact) mass is 236 g/mol. The van der Waals surface area contributed by atoms with Crippen molar-refractivity contribution in [3.05, 3.63) is 24.6 Å². The molecule has 1 saturated heterocycles. The molecule has 1 N–H and O–H groups in total. The van der Waals surface area contributed by atoms with E-state index in [1.54, 1.807) is 0 Å². The van der Waals surface area contributed by atoms with Crippen LogP contribution in [0.15, 0.2) is 24.6 Å². The van der Waals surface area contributed by atoms with Gasteiger partial charge in [0, 0.05) is 24.0 Å². The SMILES string of the molecule is C=C(C)NC(C(=C)N1CCCC1C)C(C)(C)C.